The predicted molar refractivity (Wildman–Crippen MR) is 58.8 cm³/mol. The van der Waals surface area contributed by atoms with Crippen LogP contribution in [0.5, 0.6) is 0 Å². The second-order valence-corrected chi connectivity index (χ2v) is 3.84. The van der Waals surface area contributed by atoms with Gasteiger partial charge in [0.05, 0.1) is 19.8 Å². The summed E-state index contributed by atoms with van der Waals surface area (Å²) < 4.78 is 72.3. The average Bonchev–Trinajstić information content (AvgIpc) is 2.90. The van der Waals surface area contributed by atoms with Crippen LogP contribution in [0.4, 0.5) is 22.0 Å². The highest BCUT2D eigenvalue weighted by Gasteiger charge is 2.60. The van der Waals surface area contributed by atoms with E-state index in [0.29, 0.717) is 0 Å². The third kappa shape index (κ3) is 3.89. The number of allylic oxidation sites excluding steroid dienone is 1. The van der Waals surface area contributed by atoms with Gasteiger partial charge < -0.3 is 9.15 Å². The van der Waals surface area contributed by atoms with Crippen LogP contribution in [0.2, 0.25) is 0 Å². The Labute approximate surface area is 115 Å². The summed E-state index contributed by atoms with van der Waals surface area (Å²) in [6.45, 7) is 0. The Morgan fingerprint density at radius 3 is 2.33 bits per heavy atom. The topological polar surface area (TPSA) is 56.5 Å². The zero-order valence-corrected chi connectivity index (χ0v) is 10.5. The third-order valence-corrected chi connectivity index (χ3v) is 2.39. The van der Waals surface area contributed by atoms with Gasteiger partial charge in [0.25, 0.3) is 0 Å². The summed E-state index contributed by atoms with van der Waals surface area (Å²) in [6, 6.07) is 2.34. The zero-order chi connectivity index (χ0) is 16.3. The summed E-state index contributed by atoms with van der Waals surface area (Å²) in [4.78, 5) is 22.5. The average molecular weight is 312 g/mol. The van der Waals surface area contributed by atoms with E-state index in [1.165, 1.54) is 6.07 Å². The lowest BCUT2D eigenvalue weighted by atomic mass is 10.0. The molecule has 21 heavy (non-hydrogen) atoms. The predicted octanol–water partition coefficient (Wildman–Crippen LogP) is 3.15. The largest absolute Gasteiger partial charge is 0.469 e. The zero-order valence-electron chi connectivity index (χ0n) is 10.5. The summed E-state index contributed by atoms with van der Waals surface area (Å²) in [6.07, 6.45) is -6.25. The molecule has 9 heteroatoms. The highest BCUT2D eigenvalue weighted by atomic mass is 19.4. The second kappa shape index (κ2) is 6.06. The molecule has 1 aromatic rings. The fourth-order valence-electron chi connectivity index (χ4n) is 1.31. The molecule has 0 atom stereocenters. The minimum atomic E-state index is -5.95. The van der Waals surface area contributed by atoms with Crippen LogP contribution in [-0.4, -0.2) is 31.0 Å². The van der Waals surface area contributed by atoms with E-state index in [-0.39, 0.29) is 6.08 Å². The lowest BCUT2D eigenvalue weighted by Gasteiger charge is -2.21. The van der Waals surface area contributed by atoms with Crippen molar-refractivity contribution in [3.8, 4) is 0 Å². The van der Waals surface area contributed by atoms with Crippen molar-refractivity contribution in [3.63, 3.8) is 0 Å². The Kier molecular flexibility index (Phi) is 4.87. The number of furan rings is 1. The number of carbonyl (C=O) groups is 2. The van der Waals surface area contributed by atoms with Crippen molar-refractivity contribution < 1.29 is 40.7 Å². The molecule has 0 spiro atoms. The van der Waals surface area contributed by atoms with Gasteiger partial charge in [-0.25, -0.2) is 0 Å². The molecule has 0 N–H and O–H groups in total. The minimum Gasteiger partial charge on any atom is -0.469 e. The number of ketones is 1. The Bertz CT molecular complexity index is 542. The van der Waals surface area contributed by atoms with Crippen LogP contribution >= 0.6 is 0 Å². The van der Waals surface area contributed by atoms with Crippen molar-refractivity contribution in [2.24, 2.45) is 0 Å². The Hall–Kier alpha value is -2.19. The number of esters is 1. The number of rotatable bonds is 5. The van der Waals surface area contributed by atoms with Crippen molar-refractivity contribution in [1.29, 1.82) is 0 Å². The van der Waals surface area contributed by atoms with Crippen LogP contribution in [0.3, 0.4) is 0 Å². The molecule has 0 unspecified atom stereocenters. The van der Waals surface area contributed by atoms with Crippen molar-refractivity contribution in [2.45, 2.75) is 18.5 Å². The fraction of sp³-hybridized carbons (Fsp3) is 0.333. The van der Waals surface area contributed by atoms with E-state index in [2.05, 4.69) is 9.15 Å². The van der Waals surface area contributed by atoms with Crippen LogP contribution in [0.25, 0.3) is 0 Å². The molecule has 0 radical (unpaired) electrons. The number of carbonyl (C=O) groups excluding carboxylic acids is 2. The van der Waals surface area contributed by atoms with Crippen molar-refractivity contribution in [2.75, 3.05) is 7.11 Å². The standard InChI is InChI=1S/C12H9F5O4/c1-20-10(19)6-7(11(13,14)12(15,16)17)5-8(18)9-3-2-4-21-9/h2-5H,6H2,1H3/b7-5-. The van der Waals surface area contributed by atoms with E-state index in [1.807, 2.05) is 0 Å². The smallest absolute Gasteiger partial charge is 0.457 e. The van der Waals surface area contributed by atoms with E-state index in [1.54, 1.807) is 0 Å². The molecule has 0 aliphatic heterocycles. The quantitative estimate of drug-likeness (QED) is 0.363. The number of hydrogen-bond acceptors (Lipinski definition) is 4. The molecule has 0 bridgehead atoms. The molecular weight excluding hydrogens is 303 g/mol. The van der Waals surface area contributed by atoms with Crippen LogP contribution in [0, 0.1) is 0 Å². The summed E-state index contributed by atoms with van der Waals surface area (Å²) in [5.41, 5.74) is -1.72. The number of alkyl halides is 5. The van der Waals surface area contributed by atoms with Gasteiger partial charge in [0.1, 0.15) is 0 Å². The van der Waals surface area contributed by atoms with Gasteiger partial charge in [-0.2, -0.15) is 22.0 Å². The maximum atomic E-state index is 13.3. The van der Waals surface area contributed by atoms with Gasteiger partial charge in [-0.3, -0.25) is 9.59 Å². The van der Waals surface area contributed by atoms with Gasteiger partial charge in [0.2, 0.25) is 5.78 Å². The maximum absolute atomic E-state index is 13.3. The first kappa shape index (κ1) is 16.9. The highest BCUT2D eigenvalue weighted by molar-refractivity contribution is 6.03. The third-order valence-electron chi connectivity index (χ3n) is 2.39. The first-order chi connectivity index (χ1) is 9.59. The Morgan fingerprint density at radius 2 is 1.90 bits per heavy atom. The van der Waals surface area contributed by atoms with Crippen molar-refractivity contribution in [3.05, 3.63) is 35.8 Å². The molecule has 0 fully saturated rings. The van der Waals surface area contributed by atoms with Crippen LogP contribution < -0.4 is 0 Å². The maximum Gasteiger partial charge on any atom is 0.457 e. The van der Waals surface area contributed by atoms with Gasteiger partial charge in [0, 0.05) is 5.57 Å². The van der Waals surface area contributed by atoms with E-state index < -0.39 is 41.6 Å². The first-order valence-corrected chi connectivity index (χ1v) is 5.40. The molecule has 116 valence electrons. The number of halogens is 5. The van der Waals surface area contributed by atoms with Gasteiger partial charge in [0.15, 0.2) is 5.76 Å². The molecule has 0 saturated carbocycles. The van der Waals surface area contributed by atoms with E-state index in [9.17, 15) is 31.5 Å². The highest BCUT2D eigenvalue weighted by Crippen LogP contribution is 2.42. The molecular formula is C12H9F5O4. The normalized spacial score (nSPS) is 13.1. The SMILES string of the molecule is COC(=O)C/C(=C/C(=O)c1ccco1)C(F)(F)C(F)(F)F. The van der Waals surface area contributed by atoms with E-state index >= 15 is 0 Å². The summed E-state index contributed by atoms with van der Waals surface area (Å²) in [5, 5.41) is 0. The lowest BCUT2D eigenvalue weighted by Crippen LogP contribution is -2.39. The van der Waals surface area contributed by atoms with Crippen LogP contribution in [0.1, 0.15) is 17.0 Å². The lowest BCUT2D eigenvalue weighted by molar-refractivity contribution is -0.265. The molecule has 1 aromatic heterocycles. The first-order valence-electron chi connectivity index (χ1n) is 5.40. The van der Waals surface area contributed by atoms with Crippen molar-refractivity contribution in [1.82, 2.24) is 0 Å². The summed E-state index contributed by atoms with van der Waals surface area (Å²) >= 11 is 0. The number of methoxy groups -OCH3 is 1. The van der Waals surface area contributed by atoms with Crippen molar-refractivity contribution >= 4 is 11.8 Å². The van der Waals surface area contributed by atoms with Crippen LogP contribution in [0.15, 0.2) is 34.5 Å². The van der Waals surface area contributed by atoms with Gasteiger partial charge >= 0.3 is 18.1 Å². The fourth-order valence-corrected chi connectivity index (χ4v) is 1.31. The van der Waals surface area contributed by atoms with Gasteiger partial charge in [-0.05, 0) is 18.2 Å². The second-order valence-electron chi connectivity index (χ2n) is 3.84. The molecule has 1 heterocycles. The number of ether oxygens (including phenoxy) is 1. The minimum absolute atomic E-state index is 0.0310. The Balaban J connectivity index is 3.20. The molecule has 0 amide bonds. The molecule has 0 aromatic carbocycles. The monoisotopic (exact) mass is 312 g/mol. The van der Waals surface area contributed by atoms with E-state index in [4.69, 9.17) is 0 Å². The molecule has 0 aliphatic rings. The molecule has 0 saturated heterocycles. The summed E-state index contributed by atoms with van der Waals surface area (Å²) in [5.74, 6) is -8.33. The molecule has 1 rings (SSSR count). The van der Waals surface area contributed by atoms with Gasteiger partial charge in [-0.1, -0.05) is 0 Å². The summed E-state index contributed by atoms with van der Waals surface area (Å²) in [7, 11) is 0.819. The van der Waals surface area contributed by atoms with Gasteiger partial charge in [-0.15, -0.1) is 0 Å². The Morgan fingerprint density at radius 1 is 1.29 bits per heavy atom. The molecule has 4 nitrogen and oxygen atoms in total. The van der Waals surface area contributed by atoms with Crippen LogP contribution in [-0.2, 0) is 9.53 Å². The number of hydrogen-bond donors (Lipinski definition) is 0. The molecule has 0 aliphatic carbocycles. The van der Waals surface area contributed by atoms with E-state index in [0.717, 1.165) is 19.4 Å².